The van der Waals surface area contributed by atoms with Crippen LogP contribution in [0, 0.1) is 6.92 Å². The van der Waals surface area contributed by atoms with Gasteiger partial charge in [-0.15, -0.1) is 0 Å². The number of aromatic nitrogens is 2. The van der Waals surface area contributed by atoms with E-state index in [1.165, 1.54) is 30.5 Å². The summed E-state index contributed by atoms with van der Waals surface area (Å²) in [4.78, 5) is 17.1. The van der Waals surface area contributed by atoms with Crippen LogP contribution in [0.5, 0.6) is 0 Å². The van der Waals surface area contributed by atoms with Gasteiger partial charge in [0.15, 0.2) is 5.03 Å². The van der Waals surface area contributed by atoms with E-state index in [0.29, 0.717) is 17.2 Å². The van der Waals surface area contributed by atoms with Gasteiger partial charge in [-0.05, 0) is 31.2 Å². The fourth-order valence-electron chi connectivity index (χ4n) is 1.51. The zero-order chi connectivity index (χ0) is 14.8. The van der Waals surface area contributed by atoms with Crippen molar-refractivity contribution in [3.8, 4) is 0 Å². The highest BCUT2D eigenvalue weighted by Gasteiger charge is 2.16. The number of rotatable bonds is 4. The second-order valence-corrected chi connectivity index (χ2v) is 5.66. The predicted molar refractivity (Wildman–Crippen MR) is 73.8 cm³/mol. The molecule has 1 aromatic heterocycles. The van der Waals surface area contributed by atoms with Crippen molar-refractivity contribution >= 4 is 27.4 Å². The quantitative estimate of drug-likeness (QED) is 0.670. The number of carbonyl (C=O) groups excluding carboxylic acids is 1. The molecule has 106 valence electrons. The number of amides is 2. The lowest BCUT2D eigenvalue weighted by molar-refractivity contribution is 0.259. The Morgan fingerprint density at radius 3 is 2.35 bits per heavy atom. The number of H-pyrrole nitrogens is 1. The summed E-state index contributed by atoms with van der Waals surface area (Å²) in [5.41, 5.74) is 5.79. The first-order valence-electron chi connectivity index (χ1n) is 5.58. The van der Waals surface area contributed by atoms with Gasteiger partial charge in [0.05, 0.1) is 6.20 Å². The molecule has 0 aliphatic heterocycles. The van der Waals surface area contributed by atoms with Crippen LogP contribution in [0.25, 0.3) is 0 Å². The van der Waals surface area contributed by atoms with Crippen LogP contribution in [0.2, 0.25) is 0 Å². The van der Waals surface area contributed by atoms with Crippen LogP contribution in [-0.2, 0) is 10.0 Å². The highest BCUT2D eigenvalue weighted by molar-refractivity contribution is 7.92. The molecule has 1 heterocycles. The van der Waals surface area contributed by atoms with Crippen LogP contribution in [-0.4, -0.2) is 24.4 Å². The molecule has 0 atom stereocenters. The molecular formula is C11H13N5O3S. The van der Waals surface area contributed by atoms with Crippen LogP contribution in [0.4, 0.5) is 16.2 Å². The molecule has 1 aromatic carbocycles. The number of hydrogen-bond acceptors (Lipinski definition) is 4. The Kier molecular flexibility index (Phi) is 3.61. The van der Waals surface area contributed by atoms with Gasteiger partial charge in [-0.3, -0.25) is 4.72 Å². The first kappa shape index (κ1) is 13.9. The van der Waals surface area contributed by atoms with Gasteiger partial charge in [0.1, 0.15) is 5.82 Å². The molecule has 2 amide bonds. The number of anilines is 2. The minimum Gasteiger partial charge on any atom is -0.351 e. The summed E-state index contributed by atoms with van der Waals surface area (Å²) in [6.45, 7) is 1.66. The maximum atomic E-state index is 12.0. The number of nitrogens with two attached hydrogens (primary N) is 1. The maximum Gasteiger partial charge on any atom is 0.316 e. The molecule has 0 spiro atoms. The van der Waals surface area contributed by atoms with Crippen LogP contribution >= 0.6 is 0 Å². The van der Waals surface area contributed by atoms with Crippen LogP contribution in [0.3, 0.4) is 0 Å². The minimum absolute atomic E-state index is 0.0191. The molecule has 8 nitrogen and oxygen atoms in total. The van der Waals surface area contributed by atoms with E-state index in [1.807, 2.05) is 0 Å². The second-order valence-electron chi connectivity index (χ2n) is 4.00. The van der Waals surface area contributed by atoms with E-state index in [4.69, 9.17) is 5.73 Å². The van der Waals surface area contributed by atoms with Crippen molar-refractivity contribution in [1.29, 1.82) is 0 Å². The first-order valence-corrected chi connectivity index (χ1v) is 7.06. The molecule has 0 radical (unpaired) electrons. The summed E-state index contributed by atoms with van der Waals surface area (Å²) in [5, 5.41) is 2.36. The number of nitrogens with zero attached hydrogens (tertiary/aromatic N) is 1. The molecule has 0 aliphatic carbocycles. The molecule has 5 N–H and O–H groups in total. The zero-order valence-electron chi connectivity index (χ0n) is 10.5. The Morgan fingerprint density at radius 2 is 1.85 bits per heavy atom. The summed E-state index contributed by atoms with van der Waals surface area (Å²) in [5.74, 6) is 0.506. The molecule has 20 heavy (non-hydrogen) atoms. The molecule has 0 bridgehead atoms. The number of primary amides is 1. The Labute approximate surface area is 115 Å². The Balaban J connectivity index is 2.15. The van der Waals surface area contributed by atoms with E-state index in [0.717, 1.165) is 0 Å². The highest BCUT2D eigenvalue weighted by Crippen LogP contribution is 2.17. The van der Waals surface area contributed by atoms with Gasteiger partial charge in [0.25, 0.3) is 10.0 Å². The number of carbonyl (C=O) groups is 1. The average molecular weight is 295 g/mol. The molecule has 2 aromatic rings. The largest absolute Gasteiger partial charge is 0.351 e. The molecule has 0 unspecified atom stereocenters. The smallest absolute Gasteiger partial charge is 0.316 e. The third-order valence-corrected chi connectivity index (χ3v) is 3.66. The number of benzene rings is 1. The first-order chi connectivity index (χ1) is 9.37. The van der Waals surface area contributed by atoms with Gasteiger partial charge in [-0.2, -0.15) is 8.42 Å². The van der Waals surface area contributed by atoms with Crippen molar-refractivity contribution < 1.29 is 13.2 Å². The number of nitrogens with one attached hydrogen (secondary N) is 3. The third-order valence-electron chi connectivity index (χ3n) is 2.37. The van der Waals surface area contributed by atoms with E-state index in [1.54, 1.807) is 6.92 Å². The summed E-state index contributed by atoms with van der Waals surface area (Å²) in [6, 6.07) is 5.38. The highest BCUT2D eigenvalue weighted by atomic mass is 32.2. The second kappa shape index (κ2) is 5.21. The molecule has 9 heteroatoms. The van der Waals surface area contributed by atoms with Gasteiger partial charge in [0.2, 0.25) is 0 Å². The number of aryl methyl sites for hydroxylation is 1. The standard InChI is InChI=1S/C11H13N5O3S/c1-7-13-6-10(14-7)20(18,19)16-9-4-2-8(3-5-9)15-11(12)17/h2-6,16H,1H3,(H,13,14)(H3,12,15,17). The summed E-state index contributed by atoms with van der Waals surface area (Å²) >= 11 is 0. The monoisotopic (exact) mass is 295 g/mol. The van der Waals surface area contributed by atoms with Crippen molar-refractivity contribution in [1.82, 2.24) is 9.97 Å². The Bertz CT molecular complexity index is 721. The van der Waals surface area contributed by atoms with Gasteiger partial charge in [-0.25, -0.2) is 9.78 Å². The zero-order valence-corrected chi connectivity index (χ0v) is 11.4. The van der Waals surface area contributed by atoms with E-state index in [9.17, 15) is 13.2 Å². The Hall–Kier alpha value is -2.55. The Morgan fingerprint density at radius 1 is 1.25 bits per heavy atom. The van der Waals surface area contributed by atoms with Crippen LogP contribution in [0.1, 0.15) is 5.82 Å². The van der Waals surface area contributed by atoms with Crippen molar-refractivity contribution in [2.45, 2.75) is 11.9 Å². The predicted octanol–water partition coefficient (Wildman–Crippen LogP) is 1.01. The number of urea groups is 1. The SMILES string of the molecule is Cc1ncc(S(=O)(=O)Nc2ccc(NC(N)=O)cc2)[nH]1. The average Bonchev–Trinajstić information content (AvgIpc) is 2.78. The lowest BCUT2D eigenvalue weighted by Crippen LogP contribution is -2.19. The van der Waals surface area contributed by atoms with Crippen molar-refractivity contribution in [3.63, 3.8) is 0 Å². The van der Waals surface area contributed by atoms with Gasteiger partial charge >= 0.3 is 6.03 Å². The molecule has 2 rings (SSSR count). The van der Waals surface area contributed by atoms with Gasteiger partial charge in [-0.1, -0.05) is 0 Å². The van der Waals surface area contributed by atoms with Crippen molar-refractivity contribution in [3.05, 3.63) is 36.3 Å². The fourth-order valence-corrected chi connectivity index (χ4v) is 2.54. The molecule has 0 saturated carbocycles. The van der Waals surface area contributed by atoms with Gasteiger partial charge < -0.3 is 16.0 Å². The normalized spacial score (nSPS) is 11.1. The molecule has 0 fully saturated rings. The van der Waals surface area contributed by atoms with E-state index in [-0.39, 0.29) is 5.03 Å². The molecule has 0 saturated heterocycles. The van der Waals surface area contributed by atoms with E-state index in [2.05, 4.69) is 20.0 Å². The number of sulfonamides is 1. The molecule has 0 aliphatic rings. The summed E-state index contributed by atoms with van der Waals surface area (Å²) in [7, 11) is -3.71. The van der Waals surface area contributed by atoms with Crippen LogP contribution in [0.15, 0.2) is 35.5 Å². The van der Waals surface area contributed by atoms with E-state index < -0.39 is 16.1 Å². The van der Waals surface area contributed by atoms with Crippen molar-refractivity contribution in [2.75, 3.05) is 10.0 Å². The third kappa shape index (κ3) is 3.26. The minimum atomic E-state index is -3.71. The maximum absolute atomic E-state index is 12.0. The van der Waals surface area contributed by atoms with Crippen LogP contribution < -0.4 is 15.8 Å². The lowest BCUT2D eigenvalue weighted by atomic mass is 10.3. The van der Waals surface area contributed by atoms with Crippen molar-refractivity contribution in [2.24, 2.45) is 5.73 Å². The van der Waals surface area contributed by atoms with Gasteiger partial charge in [0, 0.05) is 11.4 Å². The topological polar surface area (TPSA) is 130 Å². The number of hydrogen-bond donors (Lipinski definition) is 4. The summed E-state index contributed by atoms with van der Waals surface area (Å²) < 4.78 is 26.4. The number of aromatic amines is 1. The van der Waals surface area contributed by atoms with E-state index >= 15 is 0 Å². The summed E-state index contributed by atoms with van der Waals surface area (Å²) in [6.07, 6.45) is 1.24. The lowest BCUT2D eigenvalue weighted by Gasteiger charge is -2.07. The fraction of sp³-hybridized carbons (Fsp3) is 0.0909. The number of imidazole rings is 1. The molecular weight excluding hydrogens is 282 g/mol.